The second kappa shape index (κ2) is 2.98. The Bertz CT molecular complexity index is 368. The van der Waals surface area contributed by atoms with Crippen molar-refractivity contribution in [3.05, 3.63) is 41.5 Å². The number of hydrogen-bond acceptors (Lipinski definition) is 0. The van der Waals surface area contributed by atoms with Gasteiger partial charge < -0.3 is 0 Å². The topological polar surface area (TPSA) is 0 Å². The normalized spacial score (nSPS) is 20.9. The van der Waals surface area contributed by atoms with Gasteiger partial charge in [-0.25, -0.2) is 0 Å². The van der Waals surface area contributed by atoms with Crippen LogP contribution in [0.15, 0.2) is 24.8 Å². The quantitative estimate of drug-likeness (QED) is 0.664. The van der Waals surface area contributed by atoms with Gasteiger partial charge in [-0.05, 0) is 54.2 Å². The monoisotopic (exact) mass is 184 g/mol. The van der Waals surface area contributed by atoms with Crippen molar-refractivity contribution in [1.29, 1.82) is 0 Å². The minimum Gasteiger partial charge on any atom is -0.0985 e. The Balaban J connectivity index is 2.04. The van der Waals surface area contributed by atoms with Crippen molar-refractivity contribution in [2.24, 2.45) is 0 Å². The standard InChI is InChI=1S/C14H16/c1-2-10-3-8-13(11-4-5-11)14(9-10)12-6-7-12/h2-3,8-9,11-12H,1,4-7H2. The van der Waals surface area contributed by atoms with Gasteiger partial charge in [0.1, 0.15) is 0 Å². The molecule has 0 atom stereocenters. The molecule has 2 saturated carbocycles. The van der Waals surface area contributed by atoms with Crippen LogP contribution in [-0.2, 0) is 0 Å². The fourth-order valence-electron chi connectivity index (χ4n) is 2.23. The molecule has 0 aliphatic heterocycles. The van der Waals surface area contributed by atoms with Crippen LogP contribution in [0.3, 0.4) is 0 Å². The van der Waals surface area contributed by atoms with Crippen LogP contribution < -0.4 is 0 Å². The molecule has 0 amide bonds. The van der Waals surface area contributed by atoms with E-state index in [1.54, 1.807) is 11.1 Å². The van der Waals surface area contributed by atoms with Gasteiger partial charge in [0.05, 0.1) is 0 Å². The summed E-state index contributed by atoms with van der Waals surface area (Å²) < 4.78 is 0. The first kappa shape index (κ1) is 8.28. The second-order valence-corrected chi connectivity index (χ2v) is 4.64. The van der Waals surface area contributed by atoms with Crippen molar-refractivity contribution < 1.29 is 0 Å². The van der Waals surface area contributed by atoms with E-state index in [1.165, 1.54) is 31.2 Å². The Labute approximate surface area is 85.6 Å². The highest BCUT2D eigenvalue weighted by molar-refractivity contribution is 5.52. The molecule has 3 rings (SSSR count). The van der Waals surface area contributed by atoms with Crippen LogP contribution in [0.4, 0.5) is 0 Å². The van der Waals surface area contributed by atoms with E-state index < -0.39 is 0 Å². The van der Waals surface area contributed by atoms with Gasteiger partial charge in [-0.1, -0.05) is 30.9 Å². The molecule has 0 nitrogen and oxygen atoms in total. The van der Waals surface area contributed by atoms with Crippen LogP contribution in [0.2, 0.25) is 0 Å². The van der Waals surface area contributed by atoms with E-state index in [4.69, 9.17) is 0 Å². The first-order chi connectivity index (χ1) is 6.88. The van der Waals surface area contributed by atoms with Crippen LogP contribution in [0.25, 0.3) is 6.08 Å². The van der Waals surface area contributed by atoms with Gasteiger partial charge in [0.25, 0.3) is 0 Å². The number of benzene rings is 1. The summed E-state index contributed by atoms with van der Waals surface area (Å²) in [7, 11) is 0. The van der Waals surface area contributed by atoms with Gasteiger partial charge in [0.2, 0.25) is 0 Å². The van der Waals surface area contributed by atoms with E-state index in [9.17, 15) is 0 Å². The van der Waals surface area contributed by atoms with E-state index in [1.807, 2.05) is 6.08 Å². The SMILES string of the molecule is C=Cc1ccc(C2CC2)c(C2CC2)c1. The summed E-state index contributed by atoms with van der Waals surface area (Å²) in [5, 5.41) is 0. The van der Waals surface area contributed by atoms with Gasteiger partial charge in [-0.15, -0.1) is 0 Å². The maximum atomic E-state index is 3.84. The minimum absolute atomic E-state index is 0.880. The predicted octanol–water partition coefficient (Wildman–Crippen LogP) is 4.08. The molecule has 2 aliphatic carbocycles. The molecular weight excluding hydrogens is 168 g/mol. The van der Waals surface area contributed by atoms with Gasteiger partial charge in [-0.2, -0.15) is 0 Å². The zero-order valence-electron chi connectivity index (χ0n) is 8.50. The number of rotatable bonds is 3. The summed E-state index contributed by atoms with van der Waals surface area (Å²) in [4.78, 5) is 0. The Morgan fingerprint density at radius 3 is 2.21 bits per heavy atom. The summed E-state index contributed by atoms with van der Waals surface area (Å²) in [5.74, 6) is 1.77. The van der Waals surface area contributed by atoms with Gasteiger partial charge in [-0.3, -0.25) is 0 Å². The van der Waals surface area contributed by atoms with E-state index >= 15 is 0 Å². The predicted molar refractivity (Wildman–Crippen MR) is 60.5 cm³/mol. The van der Waals surface area contributed by atoms with Crippen molar-refractivity contribution in [2.45, 2.75) is 37.5 Å². The highest BCUT2D eigenvalue weighted by atomic mass is 14.4. The van der Waals surface area contributed by atoms with Crippen LogP contribution in [0, 0.1) is 0 Å². The van der Waals surface area contributed by atoms with Crippen molar-refractivity contribution >= 4 is 6.08 Å². The van der Waals surface area contributed by atoms with Gasteiger partial charge >= 0.3 is 0 Å². The lowest BCUT2D eigenvalue weighted by molar-refractivity contribution is 1.02. The Morgan fingerprint density at radius 1 is 1.00 bits per heavy atom. The summed E-state index contributed by atoms with van der Waals surface area (Å²) >= 11 is 0. The summed E-state index contributed by atoms with van der Waals surface area (Å²) in [6, 6.07) is 6.91. The maximum Gasteiger partial charge on any atom is -0.0158 e. The minimum atomic E-state index is 0.880. The first-order valence-electron chi connectivity index (χ1n) is 5.65. The zero-order valence-corrected chi connectivity index (χ0v) is 8.50. The summed E-state index contributed by atoms with van der Waals surface area (Å²) in [6.07, 6.45) is 7.59. The molecular formula is C14H16. The molecule has 2 aliphatic rings. The zero-order chi connectivity index (χ0) is 9.54. The van der Waals surface area contributed by atoms with Crippen molar-refractivity contribution in [3.63, 3.8) is 0 Å². The lowest BCUT2D eigenvalue weighted by Crippen LogP contribution is -1.90. The highest BCUT2D eigenvalue weighted by Crippen LogP contribution is 2.49. The van der Waals surface area contributed by atoms with Crippen LogP contribution in [-0.4, -0.2) is 0 Å². The Hall–Kier alpha value is -1.04. The van der Waals surface area contributed by atoms with Crippen molar-refractivity contribution in [1.82, 2.24) is 0 Å². The third-order valence-electron chi connectivity index (χ3n) is 3.38. The maximum absolute atomic E-state index is 3.84. The molecule has 0 saturated heterocycles. The molecule has 1 aromatic carbocycles. The highest BCUT2D eigenvalue weighted by Gasteiger charge is 2.32. The van der Waals surface area contributed by atoms with E-state index in [-0.39, 0.29) is 0 Å². The molecule has 72 valence electrons. The van der Waals surface area contributed by atoms with Gasteiger partial charge in [0.15, 0.2) is 0 Å². The molecule has 0 radical (unpaired) electrons. The molecule has 0 bridgehead atoms. The molecule has 0 unspecified atom stereocenters. The largest absolute Gasteiger partial charge is 0.0985 e. The van der Waals surface area contributed by atoms with Crippen LogP contribution in [0.1, 0.15) is 54.2 Å². The average molecular weight is 184 g/mol. The van der Waals surface area contributed by atoms with E-state index in [2.05, 4.69) is 24.8 Å². The summed E-state index contributed by atoms with van der Waals surface area (Å²) in [6.45, 7) is 3.84. The lowest BCUT2D eigenvalue weighted by Gasteiger charge is -2.08. The average Bonchev–Trinajstić information content (AvgIpc) is 3.04. The number of hydrogen-bond donors (Lipinski definition) is 0. The van der Waals surface area contributed by atoms with Crippen molar-refractivity contribution in [3.8, 4) is 0 Å². The van der Waals surface area contributed by atoms with Gasteiger partial charge in [0, 0.05) is 0 Å². The molecule has 0 heterocycles. The van der Waals surface area contributed by atoms with Crippen LogP contribution in [0.5, 0.6) is 0 Å². The fourth-order valence-corrected chi connectivity index (χ4v) is 2.23. The fraction of sp³-hybridized carbons (Fsp3) is 0.429. The van der Waals surface area contributed by atoms with E-state index in [0.29, 0.717) is 0 Å². The van der Waals surface area contributed by atoms with E-state index in [0.717, 1.165) is 11.8 Å². The third-order valence-corrected chi connectivity index (χ3v) is 3.38. The third kappa shape index (κ3) is 1.39. The molecule has 14 heavy (non-hydrogen) atoms. The first-order valence-corrected chi connectivity index (χ1v) is 5.65. The molecule has 0 aromatic heterocycles. The van der Waals surface area contributed by atoms with Crippen molar-refractivity contribution in [2.75, 3.05) is 0 Å². The Kier molecular flexibility index (Phi) is 1.76. The molecule has 0 N–H and O–H groups in total. The lowest BCUT2D eigenvalue weighted by atomic mass is 9.97. The molecule has 0 spiro atoms. The Morgan fingerprint density at radius 2 is 1.64 bits per heavy atom. The van der Waals surface area contributed by atoms with Crippen LogP contribution >= 0.6 is 0 Å². The second-order valence-electron chi connectivity index (χ2n) is 4.64. The smallest absolute Gasteiger partial charge is 0.0158 e. The molecule has 2 fully saturated rings. The molecule has 1 aromatic rings. The molecule has 0 heteroatoms. The summed E-state index contributed by atoms with van der Waals surface area (Å²) in [5.41, 5.74) is 4.55.